The Labute approximate surface area is 298 Å². The smallest absolute Gasteiger partial charge is 0.407 e. The molecule has 52 heavy (non-hydrogen) atoms. The molecule has 1 saturated heterocycles. The van der Waals surface area contributed by atoms with Gasteiger partial charge in [0.1, 0.15) is 24.4 Å². The van der Waals surface area contributed by atoms with Gasteiger partial charge in [0.05, 0.1) is 16.6 Å². The van der Waals surface area contributed by atoms with Crippen LogP contribution in [0.5, 0.6) is 0 Å². The SMILES string of the molecule is CC(C)(F)C[C@]1(c2ccc(-c3ncccn3)cc2F)NC(=N)N([C@H](COC(=O)NC(C)(C)C(F)F)c2ccc(Cl)c(-c3ncnn3C(F)F)c2)C1=O. The van der Waals surface area contributed by atoms with Gasteiger partial charge < -0.3 is 15.4 Å². The predicted octanol–water partition coefficient (Wildman–Crippen LogP) is 6.80. The summed E-state index contributed by atoms with van der Waals surface area (Å²) in [5.41, 5.74) is -6.61. The molecule has 0 bridgehead atoms. The molecule has 0 saturated carbocycles. The fourth-order valence-electron chi connectivity index (χ4n) is 5.73. The van der Waals surface area contributed by atoms with Gasteiger partial charge in [0.2, 0.25) is 0 Å². The van der Waals surface area contributed by atoms with Crippen molar-refractivity contribution in [1.29, 1.82) is 5.41 Å². The number of benzene rings is 2. The largest absolute Gasteiger partial charge is 0.447 e. The average Bonchev–Trinajstić information content (AvgIpc) is 3.64. The van der Waals surface area contributed by atoms with Gasteiger partial charge in [0, 0.05) is 35.5 Å². The fourth-order valence-corrected chi connectivity index (χ4v) is 5.93. The van der Waals surface area contributed by atoms with Crippen LogP contribution in [0.15, 0.2) is 61.2 Å². The summed E-state index contributed by atoms with van der Waals surface area (Å²) >= 11 is 6.37. The van der Waals surface area contributed by atoms with Crippen molar-refractivity contribution in [2.45, 2.75) is 69.9 Å². The van der Waals surface area contributed by atoms with Gasteiger partial charge in [-0.2, -0.15) is 18.6 Å². The Morgan fingerprint density at radius 3 is 2.38 bits per heavy atom. The quantitative estimate of drug-likeness (QED) is 0.134. The second kappa shape index (κ2) is 14.4. The molecule has 2 aromatic carbocycles. The summed E-state index contributed by atoms with van der Waals surface area (Å²) in [4.78, 5) is 40.3. The summed E-state index contributed by atoms with van der Waals surface area (Å²) in [5, 5.41) is 17.0. The summed E-state index contributed by atoms with van der Waals surface area (Å²) in [6, 6.07) is 7.58. The van der Waals surface area contributed by atoms with Crippen molar-refractivity contribution >= 4 is 29.6 Å². The minimum absolute atomic E-state index is 0.0244. The number of hydrogen-bond acceptors (Lipinski definition) is 8. The summed E-state index contributed by atoms with van der Waals surface area (Å²) in [6.07, 6.45) is -1.28. The topological polar surface area (TPSA) is 151 Å². The second-order valence-corrected chi connectivity index (χ2v) is 13.4. The number of carbonyl (C=O) groups excluding carboxylic acids is 2. The zero-order valence-electron chi connectivity index (χ0n) is 28.0. The molecule has 0 unspecified atom stereocenters. The van der Waals surface area contributed by atoms with Gasteiger partial charge in [0.25, 0.3) is 12.3 Å². The molecule has 5 rings (SSSR count). The number of rotatable bonds is 12. The van der Waals surface area contributed by atoms with Crippen LogP contribution in [0.1, 0.15) is 57.8 Å². The number of carbonyl (C=O) groups is 2. The number of guanidine groups is 1. The monoisotopic (exact) mass is 751 g/mol. The maximum Gasteiger partial charge on any atom is 0.407 e. The van der Waals surface area contributed by atoms with Crippen LogP contribution in [-0.4, -0.2) is 71.8 Å². The van der Waals surface area contributed by atoms with E-state index >= 15 is 8.78 Å². The molecular formula is C33H32ClF6N9O3. The van der Waals surface area contributed by atoms with Gasteiger partial charge in [0.15, 0.2) is 23.1 Å². The Hall–Kier alpha value is -5.26. The number of amides is 2. The molecule has 1 fully saturated rings. The minimum Gasteiger partial charge on any atom is -0.447 e. The fraction of sp³-hybridized carbons (Fsp3) is 0.364. The highest BCUT2D eigenvalue weighted by atomic mass is 35.5. The van der Waals surface area contributed by atoms with Crippen molar-refractivity contribution in [3.63, 3.8) is 0 Å². The van der Waals surface area contributed by atoms with Gasteiger partial charge in [-0.3, -0.25) is 15.1 Å². The van der Waals surface area contributed by atoms with Crippen LogP contribution in [0.4, 0.5) is 31.1 Å². The third-order valence-corrected chi connectivity index (χ3v) is 8.45. The van der Waals surface area contributed by atoms with E-state index in [0.717, 1.165) is 45.0 Å². The van der Waals surface area contributed by atoms with Crippen molar-refractivity contribution < 1.29 is 40.7 Å². The van der Waals surface area contributed by atoms with E-state index in [1.807, 2.05) is 5.32 Å². The van der Waals surface area contributed by atoms with Crippen LogP contribution in [0, 0.1) is 11.2 Å². The van der Waals surface area contributed by atoms with E-state index in [2.05, 4.69) is 25.4 Å². The lowest BCUT2D eigenvalue weighted by atomic mass is 9.80. The molecule has 2 aromatic heterocycles. The lowest BCUT2D eigenvalue weighted by Crippen LogP contribution is -2.50. The maximum atomic E-state index is 16.1. The lowest BCUT2D eigenvalue weighted by molar-refractivity contribution is -0.135. The summed E-state index contributed by atoms with van der Waals surface area (Å²) in [6.45, 7) is 0.449. The number of alkyl halides is 5. The van der Waals surface area contributed by atoms with Crippen LogP contribution < -0.4 is 10.6 Å². The van der Waals surface area contributed by atoms with Crippen LogP contribution in [-0.2, 0) is 15.1 Å². The molecule has 0 aliphatic carbocycles. The van der Waals surface area contributed by atoms with Crippen LogP contribution >= 0.6 is 11.6 Å². The molecule has 12 nitrogen and oxygen atoms in total. The van der Waals surface area contributed by atoms with Gasteiger partial charge in [-0.1, -0.05) is 29.8 Å². The van der Waals surface area contributed by atoms with Gasteiger partial charge in [-0.15, -0.1) is 0 Å². The van der Waals surface area contributed by atoms with Crippen molar-refractivity contribution in [1.82, 2.24) is 40.3 Å². The van der Waals surface area contributed by atoms with E-state index in [1.54, 1.807) is 6.07 Å². The molecule has 2 amide bonds. The predicted molar refractivity (Wildman–Crippen MR) is 176 cm³/mol. The van der Waals surface area contributed by atoms with Crippen LogP contribution in [0.2, 0.25) is 5.02 Å². The normalized spacial score (nSPS) is 17.1. The number of aromatic nitrogens is 5. The Kier molecular flexibility index (Phi) is 10.5. The van der Waals surface area contributed by atoms with Crippen molar-refractivity contribution in [2.75, 3.05) is 6.61 Å². The number of ether oxygens (including phenoxy) is 1. The molecule has 1 aliphatic heterocycles. The van der Waals surface area contributed by atoms with E-state index in [1.165, 1.54) is 42.7 Å². The highest BCUT2D eigenvalue weighted by Crippen LogP contribution is 2.43. The Balaban J connectivity index is 1.62. The first-order valence-electron chi connectivity index (χ1n) is 15.5. The molecule has 0 spiro atoms. The number of alkyl carbamates (subject to hydrolysis) is 1. The van der Waals surface area contributed by atoms with Crippen molar-refractivity contribution in [2.24, 2.45) is 0 Å². The first-order valence-corrected chi connectivity index (χ1v) is 15.9. The standard InChI is InChI=1S/C33H32ClF6N9O3/c1-31(2,40)15-33(20-8-6-18(13-22(20)35)24-42-10-5-11-43-24)27(50)48(29(41)46-33)23(14-52-30(51)47-32(3,4)26(36)37)17-7-9-21(34)19(12-17)25-44-16-45-49(25)28(38)39/h5-13,16,23,26,28H,14-15H2,1-4H3,(H2,41,46)(H,47,51)/t23-,33-/m1/s1. The molecule has 4 aromatic rings. The third-order valence-electron chi connectivity index (χ3n) is 8.12. The number of nitrogens with one attached hydrogen (secondary N) is 3. The molecule has 276 valence electrons. The van der Waals surface area contributed by atoms with Gasteiger partial charge in [-0.05, 0) is 57.5 Å². The third kappa shape index (κ3) is 7.66. The van der Waals surface area contributed by atoms with Crippen LogP contribution in [0.25, 0.3) is 22.8 Å². The molecular weight excluding hydrogens is 720 g/mol. The van der Waals surface area contributed by atoms with Gasteiger partial charge >= 0.3 is 12.6 Å². The zero-order chi connectivity index (χ0) is 38.2. The highest BCUT2D eigenvalue weighted by molar-refractivity contribution is 6.33. The molecule has 19 heteroatoms. The van der Waals surface area contributed by atoms with Gasteiger partial charge in [-0.25, -0.2) is 37.3 Å². The first-order chi connectivity index (χ1) is 24.3. The van der Waals surface area contributed by atoms with E-state index in [4.69, 9.17) is 21.7 Å². The van der Waals surface area contributed by atoms with E-state index < -0.39 is 72.6 Å². The molecule has 3 heterocycles. The number of halogens is 7. The van der Waals surface area contributed by atoms with Crippen molar-refractivity contribution in [3.05, 3.63) is 83.2 Å². The summed E-state index contributed by atoms with van der Waals surface area (Å²) in [5.74, 6) is -2.92. The Morgan fingerprint density at radius 1 is 1.08 bits per heavy atom. The minimum atomic E-state index is -3.13. The Bertz CT molecular complexity index is 1980. The number of nitrogens with zero attached hydrogens (tertiary/aromatic N) is 6. The first kappa shape index (κ1) is 38.0. The maximum absolute atomic E-state index is 16.1. The van der Waals surface area contributed by atoms with E-state index in [0.29, 0.717) is 0 Å². The average molecular weight is 752 g/mol. The lowest BCUT2D eigenvalue weighted by Gasteiger charge is -2.33. The van der Waals surface area contributed by atoms with Crippen molar-refractivity contribution in [3.8, 4) is 22.8 Å². The molecule has 3 N–H and O–H groups in total. The van der Waals surface area contributed by atoms with E-state index in [-0.39, 0.29) is 43.6 Å². The molecule has 1 aliphatic rings. The Morgan fingerprint density at radius 2 is 1.77 bits per heavy atom. The molecule has 0 radical (unpaired) electrons. The summed E-state index contributed by atoms with van der Waals surface area (Å²) in [7, 11) is 0. The summed E-state index contributed by atoms with van der Waals surface area (Å²) < 4.78 is 91.8. The molecule has 2 atom stereocenters. The van der Waals surface area contributed by atoms with E-state index in [9.17, 15) is 27.2 Å². The van der Waals surface area contributed by atoms with Crippen LogP contribution in [0.3, 0.4) is 0 Å². The highest BCUT2D eigenvalue weighted by Gasteiger charge is 2.56. The second-order valence-electron chi connectivity index (χ2n) is 13.0. The zero-order valence-corrected chi connectivity index (χ0v) is 28.7. The number of hydrogen-bond donors (Lipinski definition) is 3.